The number of fused-ring (bicyclic) bond motifs is 1. The van der Waals surface area contributed by atoms with Crippen LogP contribution >= 0.6 is 0 Å². The summed E-state index contributed by atoms with van der Waals surface area (Å²) >= 11 is 0. The molecule has 0 fully saturated rings. The average Bonchev–Trinajstić information content (AvgIpc) is 2.81. The fraction of sp³-hybridized carbons (Fsp3) is 0.292. The van der Waals surface area contributed by atoms with E-state index in [0.717, 1.165) is 11.3 Å². The summed E-state index contributed by atoms with van der Waals surface area (Å²) in [6.07, 6.45) is 0.495. The van der Waals surface area contributed by atoms with Crippen LogP contribution in [0.25, 0.3) is 10.8 Å². The van der Waals surface area contributed by atoms with Crippen LogP contribution in [0.3, 0.4) is 0 Å². The number of carboxylic acid groups (broad SMARTS) is 1. The zero-order valence-corrected chi connectivity index (χ0v) is 19.6. The number of rotatable bonds is 13. The number of hydrogen-bond acceptors (Lipinski definition) is 7. The Morgan fingerprint density at radius 2 is 1.79 bits per heavy atom. The molecule has 0 atom stereocenters. The van der Waals surface area contributed by atoms with Crippen molar-refractivity contribution in [3.05, 3.63) is 60.2 Å². The highest BCUT2D eigenvalue weighted by atomic mass is 32.2. The molecule has 0 unspecified atom stereocenters. The average molecular weight is 489 g/mol. The molecule has 0 spiro atoms. The first-order valence-electron chi connectivity index (χ1n) is 10.7. The molecule has 182 valence electrons. The number of benzene rings is 3. The van der Waals surface area contributed by atoms with Crippen LogP contribution in [-0.2, 0) is 21.5 Å². The first-order valence-corrected chi connectivity index (χ1v) is 12.2. The van der Waals surface area contributed by atoms with Gasteiger partial charge in [-0.2, -0.15) is 8.42 Å². The smallest absolute Gasteiger partial charge is 0.303 e. The van der Waals surface area contributed by atoms with Gasteiger partial charge in [0.15, 0.2) is 0 Å². The molecular formula is C24H28N2O7S. The van der Waals surface area contributed by atoms with Crippen LogP contribution in [0.2, 0.25) is 0 Å². The third-order valence-electron chi connectivity index (χ3n) is 5.15. The fourth-order valence-corrected chi connectivity index (χ4v) is 4.25. The molecule has 3 rings (SSSR count). The molecule has 34 heavy (non-hydrogen) atoms. The van der Waals surface area contributed by atoms with Gasteiger partial charge in [-0.3, -0.25) is 9.35 Å². The lowest BCUT2D eigenvalue weighted by molar-refractivity contribution is -0.137. The van der Waals surface area contributed by atoms with Gasteiger partial charge >= 0.3 is 5.97 Å². The van der Waals surface area contributed by atoms with Crippen LogP contribution in [-0.4, -0.2) is 50.9 Å². The minimum atomic E-state index is -4.31. The highest BCUT2D eigenvalue weighted by molar-refractivity contribution is 7.86. The summed E-state index contributed by atoms with van der Waals surface area (Å²) in [5.41, 5.74) is 1.72. The van der Waals surface area contributed by atoms with Crippen molar-refractivity contribution in [2.75, 3.05) is 32.1 Å². The zero-order valence-electron chi connectivity index (χ0n) is 18.8. The Kier molecular flexibility index (Phi) is 8.69. The maximum Gasteiger partial charge on any atom is 0.303 e. The molecule has 0 bridgehead atoms. The van der Waals surface area contributed by atoms with Crippen molar-refractivity contribution in [1.82, 2.24) is 5.32 Å². The summed E-state index contributed by atoms with van der Waals surface area (Å²) < 4.78 is 43.8. The van der Waals surface area contributed by atoms with Gasteiger partial charge < -0.3 is 25.2 Å². The summed E-state index contributed by atoms with van der Waals surface area (Å²) in [6, 6.07) is 15.5. The van der Waals surface area contributed by atoms with Crippen LogP contribution in [0.1, 0.15) is 18.4 Å². The highest BCUT2D eigenvalue weighted by Crippen LogP contribution is 2.28. The molecule has 3 aromatic carbocycles. The fourth-order valence-electron chi connectivity index (χ4n) is 3.54. The number of carboxylic acids is 1. The van der Waals surface area contributed by atoms with E-state index in [-0.39, 0.29) is 11.3 Å². The van der Waals surface area contributed by atoms with Crippen LogP contribution in [0, 0.1) is 0 Å². The van der Waals surface area contributed by atoms with Gasteiger partial charge in [0.05, 0.1) is 13.7 Å². The Bertz CT molecular complexity index is 1250. The molecule has 0 saturated heterocycles. The summed E-state index contributed by atoms with van der Waals surface area (Å²) in [7, 11) is -2.73. The van der Waals surface area contributed by atoms with Crippen molar-refractivity contribution in [3.63, 3.8) is 0 Å². The topological polar surface area (TPSA) is 134 Å². The van der Waals surface area contributed by atoms with Crippen molar-refractivity contribution in [2.24, 2.45) is 0 Å². The summed E-state index contributed by atoms with van der Waals surface area (Å²) in [5.74, 6) is 0.441. The summed E-state index contributed by atoms with van der Waals surface area (Å²) in [4.78, 5) is 10.5. The lowest BCUT2D eigenvalue weighted by Crippen LogP contribution is -2.22. The van der Waals surface area contributed by atoms with Gasteiger partial charge in [-0.1, -0.05) is 30.3 Å². The van der Waals surface area contributed by atoms with Crippen molar-refractivity contribution in [3.8, 4) is 11.5 Å². The van der Waals surface area contributed by atoms with E-state index in [2.05, 4.69) is 10.6 Å². The van der Waals surface area contributed by atoms with E-state index in [1.807, 2.05) is 18.2 Å². The van der Waals surface area contributed by atoms with E-state index in [4.69, 9.17) is 14.6 Å². The zero-order chi connectivity index (χ0) is 24.6. The van der Waals surface area contributed by atoms with Crippen LogP contribution in [0.4, 0.5) is 5.69 Å². The Hall–Kier alpha value is -3.34. The van der Waals surface area contributed by atoms with Crippen LogP contribution in [0.5, 0.6) is 11.5 Å². The van der Waals surface area contributed by atoms with Crippen molar-refractivity contribution < 1.29 is 32.3 Å². The molecule has 0 saturated carbocycles. The van der Waals surface area contributed by atoms with Gasteiger partial charge in [0.1, 0.15) is 16.4 Å². The van der Waals surface area contributed by atoms with Crippen molar-refractivity contribution in [2.45, 2.75) is 24.3 Å². The molecule has 0 heterocycles. The van der Waals surface area contributed by atoms with Gasteiger partial charge in [-0.05, 0) is 24.6 Å². The first kappa shape index (κ1) is 25.3. The first-order chi connectivity index (χ1) is 16.3. The van der Waals surface area contributed by atoms with E-state index in [1.165, 1.54) is 6.07 Å². The molecule has 4 N–H and O–H groups in total. The molecular weight excluding hydrogens is 460 g/mol. The Labute approximate surface area is 198 Å². The molecule has 0 aliphatic heterocycles. The summed E-state index contributed by atoms with van der Waals surface area (Å²) in [6.45, 7) is 2.10. The minimum Gasteiger partial charge on any atom is -0.496 e. The molecule has 0 radical (unpaired) electrons. The van der Waals surface area contributed by atoms with E-state index in [0.29, 0.717) is 54.9 Å². The van der Waals surface area contributed by atoms with E-state index >= 15 is 0 Å². The number of anilines is 1. The predicted octanol–water partition coefficient (Wildman–Crippen LogP) is 3.54. The molecule has 10 heteroatoms. The molecule has 9 nitrogen and oxygen atoms in total. The number of hydrogen-bond donors (Lipinski definition) is 4. The van der Waals surface area contributed by atoms with E-state index in [1.54, 1.807) is 37.4 Å². The number of nitrogens with one attached hydrogen (secondary N) is 2. The second-order valence-corrected chi connectivity index (χ2v) is 8.94. The largest absolute Gasteiger partial charge is 0.496 e. The summed E-state index contributed by atoms with van der Waals surface area (Å²) in [5, 5.41) is 16.5. The molecule has 0 amide bonds. The van der Waals surface area contributed by atoms with Crippen molar-refractivity contribution >= 4 is 32.5 Å². The Morgan fingerprint density at radius 1 is 1.03 bits per heavy atom. The van der Waals surface area contributed by atoms with Gasteiger partial charge in [-0.15, -0.1) is 0 Å². The molecule has 0 aliphatic carbocycles. The van der Waals surface area contributed by atoms with Gasteiger partial charge in [0, 0.05) is 54.1 Å². The second kappa shape index (κ2) is 11.7. The molecule has 0 aromatic heterocycles. The second-order valence-electron chi connectivity index (χ2n) is 7.55. The monoisotopic (exact) mass is 488 g/mol. The maximum atomic E-state index is 11.6. The van der Waals surface area contributed by atoms with Crippen LogP contribution < -0.4 is 20.1 Å². The predicted molar refractivity (Wildman–Crippen MR) is 129 cm³/mol. The Morgan fingerprint density at radius 3 is 2.53 bits per heavy atom. The van der Waals surface area contributed by atoms with Gasteiger partial charge in [-0.25, -0.2) is 0 Å². The normalized spacial score (nSPS) is 11.4. The third-order valence-corrected chi connectivity index (χ3v) is 6.07. The minimum absolute atomic E-state index is 0.0631. The SMILES string of the molecule is COc1cc(OCCCC(=O)O)ccc1CNCCNc1cccc2c(S(=O)(=O)O)cccc12. The molecule has 3 aromatic rings. The van der Waals surface area contributed by atoms with Gasteiger partial charge in [0.2, 0.25) is 0 Å². The van der Waals surface area contributed by atoms with Gasteiger partial charge in [0.25, 0.3) is 10.1 Å². The lowest BCUT2D eigenvalue weighted by Gasteiger charge is -2.14. The molecule has 0 aliphatic rings. The van der Waals surface area contributed by atoms with E-state index < -0.39 is 16.1 Å². The standard InChI is InChI=1S/C24H28N2O7S/c1-32-22-15-18(33-14-4-9-24(27)28)11-10-17(22)16-25-12-13-26-21-7-2-6-20-19(21)5-3-8-23(20)34(29,30)31/h2-3,5-8,10-11,15,25-26H,4,9,12-14,16H2,1H3,(H,27,28)(H,29,30,31). The number of carbonyl (C=O) groups is 1. The van der Waals surface area contributed by atoms with E-state index in [9.17, 15) is 17.8 Å². The maximum absolute atomic E-state index is 11.6. The highest BCUT2D eigenvalue weighted by Gasteiger charge is 2.14. The van der Waals surface area contributed by atoms with Crippen LogP contribution in [0.15, 0.2) is 59.5 Å². The number of methoxy groups -OCH3 is 1. The number of aliphatic carboxylic acids is 1. The third kappa shape index (κ3) is 6.83. The van der Waals surface area contributed by atoms with Crippen molar-refractivity contribution in [1.29, 1.82) is 0 Å². The lowest BCUT2D eigenvalue weighted by atomic mass is 10.1. The quantitative estimate of drug-likeness (QED) is 0.210. The number of ether oxygens (including phenoxy) is 2. The Balaban J connectivity index is 1.53.